The molecule has 1 N–H and O–H groups in total. The van der Waals surface area contributed by atoms with E-state index in [9.17, 15) is 14.3 Å². The fraction of sp³-hybridized carbons (Fsp3) is 0.450. The summed E-state index contributed by atoms with van der Waals surface area (Å²) in [5.41, 5.74) is 2.33. The molecule has 1 aliphatic heterocycles. The van der Waals surface area contributed by atoms with Crippen molar-refractivity contribution in [3.05, 3.63) is 51.0 Å². The Kier molecular flexibility index (Phi) is 5.63. The summed E-state index contributed by atoms with van der Waals surface area (Å²) < 4.78 is 14.4. The highest BCUT2D eigenvalue weighted by Crippen LogP contribution is 2.26. The third kappa shape index (κ3) is 3.76. The van der Waals surface area contributed by atoms with E-state index in [4.69, 9.17) is 0 Å². The standard InChI is InChI=1S/C20H25FN2O2S/c1-4-15-12-19(26-14(15)3)20(25)23-9-7-22(8-10-23)18-6-5-16(13(2)24)11-17(18)21/h5-6,11-13,24H,4,7-10H2,1-3H3/t13-/m0/s1. The smallest absolute Gasteiger partial charge is 0.264 e. The number of hydrogen-bond acceptors (Lipinski definition) is 4. The van der Waals surface area contributed by atoms with Gasteiger partial charge in [0.1, 0.15) is 5.82 Å². The normalized spacial score (nSPS) is 16.0. The molecule has 1 atom stereocenters. The first kappa shape index (κ1) is 18.9. The van der Waals surface area contributed by atoms with E-state index in [-0.39, 0.29) is 11.7 Å². The van der Waals surface area contributed by atoms with E-state index in [1.807, 2.05) is 15.9 Å². The number of benzene rings is 1. The number of hydrogen-bond donors (Lipinski definition) is 1. The summed E-state index contributed by atoms with van der Waals surface area (Å²) in [7, 11) is 0. The zero-order valence-electron chi connectivity index (χ0n) is 15.5. The number of halogens is 1. The van der Waals surface area contributed by atoms with Gasteiger partial charge in [0.15, 0.2) is 0 Å². The van der Waals surface area contributed by atoms with Crippen LogP contribution in [0.15, 0.2) is 24.3 Å². The van der Waals surface area contributed by atoms with Crippen molar-refractivity contribution in [1.29, 1.82) is 0 Å². The highest BCUT2D eigenvalue weighted by Gasteiger charge is 2.25. The van der Waals surface area contributed by atoms with Crippen LogP contribution in [0.4, 0.5) is 10.1 Å². The van der Waals surface area contributed by atoms with Crippen LogP contribution in [0.1, 0.15) is 45.6 Å². The number of thiophene rings is 1. The van der Waals surface area contributed by atoms with E-state index in [0.29, 0.717) is 37.4 Å². The predicted molar refractivity (Wildman–Crippen MR) is 104 cm³/mol. The molecule has 2 heterocycles. The van der Waals surface area contributed by atoms with E-state index in [1.165, 1.54) is 16.5 Å². The molecule has 0 unspecified atom stereocenters. The van der Waals surface area contributed by atoms with Crippen molar-refractivity contribution in [3.63, 3.8) is 0 Å². The van der Waals surface area contributed by atoms with Gasteiger partial charge in [-0.15, -0.1) is 11.3 Å². The van der Waals surface area contributed by atoms with Gasteiger partial charge in [-0.05, 0) is 49.6 Å². The number of aryl methyl sites for hydroxylation is 2. The number of aliphatic hydroxyl groups is 1. The number of carbonyl (C=O) groups is 1. The predicted octanol–water partition coefficient (Wildman–Crippen LogP) is 3.77. The van der Waals surface area contributed by atoms with Crippen molar-refractivity contribution in [3.8, 4) is 0 Å². The highest BCUT2D eigenvalue weighted by atomic mass is 32.1. The molecule has 1 fully saturated rings. The molecule has 1 amide bonds. The number of rotatable bonds is 4. The van der Waals surface area contributed by atoms with E-state index < -0.39 is 6.10 Å². The van der Waals surface area contributed by atoms with E-state index in [2.05, 4.69) is 13.8 Å². The second kappa shape index (κ2) is 7.76. The van der Waals surface area contributed by atoms with Crippen molar-refractivity contribution >= 4 is 22.9 Å². The lowest BCUT2D eigenvalue weighted by Gasteiger charge is -2.36. The number of anilines is 1. The summed E-state index contributed by atoms with van der Waals surface area (Å²) in [6.07, 6.45) is 0.251. The van der Waals surface area contributed by atoms with Crippen LogP contribution in [0.3, 0.4) is 0 Å². The van der Waals surface area contributed by atoms with Gasteiger partial charge < -0.3 is 14.9 Å². The molecule has 1 saturated heterocycles. The van der Waals surface area contributed by atoms with Crippen molar-refractivity contribution in [2.45, 2.75) is 33.3 Å². The lowest BCUT2D eigenvalue weighted by molar-refractivity contribution is 0.0751. The zero-order valence-corrected chi connectivity index (χ0v) is 16.3. The third-order valence-electron chi connectivity index (χ3n) is 4.97. The number of carbonyl (C=O) groups excluding carboxylic acids is 1. The van der Waals surface area contributed by atoms with Gasteiger partial charge in [-0.3, -0.25) is 4.79 Å². The average Bonchev–Trinajstić information content (AvgIpc) is 3.02. The summed E-state index contributed by atoms with van der Waals surface area (Å²) in [6.45, 7) is 8.12. The second-order valence-corrected chi connectivity index (χ2v) is 7.97. The molecular weight excluding hydrogens is 351 g/mol. The van der Waals surface area contributed by atoms with Crippen LogP contribution in [0.5, 0.6) is 0 Å². The molecule has 1 aromatic carbocycles. The summed E-state index contributed by atoms with van der Waals surface area (Å²) >= 11 is 1.56. The van der Waals surface area contributed by atoms with Crippen molar-refractivity contribution in [2.24, 2.45) is 0 Å². The highest BCUT2D eigenvalue weighted by molar-refractivity contribution is 7.14. The van der Waals surface area contributed by atoms with Gasteiger partial charge in [0.25, 0.3) is 5.91 Å². The van der Waals surface area contributed by atoms with Crippen LogP contribution >= 0.6 is 11.3 Å². The minimum Gasteiger partial charge on any atom is -0.389 e. The molecule has 0 aliphatic carbocycles. The number of nitrogens with zero attached hydrogens (tertiary/aromatic N) is 2. The van der Waals surface area contributed by atoms with Crippen molar-refractivity contribution in [1.82, 2.24) is 4.90 Å². The molecule has 6 heteroatoms. The topological polar surface area (TPSA) is 43.8 Å². The van der Waals surface area contributed by atoms with Crippen LogP contribution in [-0.4, -0.2) is 42.1 Å². The maximum atomic E-state index is 14.4. The zero-order chi connectivity index (χ0) is 18.8. The molecule has 0 saturated carbocycles. The molecule has 140 valence electrons. The lowest BCUT2D eigenvalue weighted by atomic mass is 10.1. The summed E-state index contributed by atoms with van der Waals surface area (Å²) in [5.74, 6) is -0.257. The monoisotopic (exact) mass is 376 g/mol. The molecular formula is C20H25FN2O2S. The second-order valence-electron chi connectivity index (χ2n) is 6.71. The molecule has 1 aromatic heterocycles. The largest absolute Gasteiger partial charge is 0.389 e. The Hall–Kier alpha value is -1.92. The molecule has 4 nitrogen and oxygen atoms in total. The van der Waals surface area contributed by atoms with Crippen LogP contribution in [0.2, 0.25) is 0 Å². The van der Waals surface area contributed by atoms with Crippen LogP contribution < -0.4 is 4.90 Å². The molecule has 0 spiro atoms. The van der Waals surface area contributed by atoms with Crippen molar-refractivity contribution < 1.29 is 14.3 Å². The maximum absolute atomic E-state index is 14.4. The van der Waals surface area contributed by atoms with E-state index in [1.54, 1.807) is 30.4 Å². The Balaban J connectivity index is 1.66. The maximum Gasteiger partial charge on any atom is 0.264 e. The Bertz CT molecular complexity index is 795. The first-order valence-electron chi connectivity index (χ1n) is 9.01. The Labute approximate surface area is 157 Å². The number of aliphatic hydroxyl groups excluding tert-OH is 1. The van der Waals surface area contributed by atoms with Gasteiger partial charge in [0.05, 0.1) is 16.7 Å². The van der Waals surface area contributed by atoms with Gasteiger partial charge >= 0.3 is 0 Å². The third-order valence-corrected chi connectivity index (χ3v) is 6.05. The summed E-state index contributed by atoms with van der Waals surface area (Å²) in [6, 6.07) is 6.85. The molecule has 1 aliphatic rings. The molecule has 0 radical (unpaired) electrons. The van der Waals surface area contributed by atoms with Gasteiger partial charge in [-0.25, -0.2) is 4.39 Å². The lowest BCUT2D eigenvalue weighted by Crippen LogP contribution is -2.48. The summed E-state index contributed by atoms with van der Waals surface area (Å²) in [5, 5.41) is 9.57. The number of piperazine rings is 1. The van der Waals surface area contributed by atoms with E-state index in [0.717, 1.165) is 11.3 Å². The average molecular weight is 376 g/mol. The quantitative estimate of drug-likeness (QED) is 0.883. The fourth-order valence-corrected chi connectivity index (χ4v) is 4.40. The Morgan fingerprint density at radius 2 is 1.96 bits per heavy atom. The SMILES string of the molecule is CCc1cc(C(=O)N2CCN(c3ccc([C@H](C)O)cc3F)CC2)sc1C. The van der Waals surface area contributed by atoms with Crippen molar-refractivity contribution in [2.75, 3.05) is 31.1 Å². The minimum atomic E-state index is -0.685. The first-order chi connectivity index (χ1) is 12.4. The Morgan fingerprint density at radius 1 is 1.27 bits per heavy atom. The fourth-order valence-electron chi connectivity index (χ4n) is 3.32. The van der Waals surface area contributed by atoms with Crippen LogP contribution in [0.25, 0.3) is 0 Å². The van der Waals surface area contributed by atoms with Gasteiger partial charge in [-0.1, -0.05) is 13.0 Å². The molecule has 0 bridgehead atoms. The van der Waals surface area contributed by atoms with Gasteiger partial charge in [0, 0.05) is 31.1 Å². The van der Waals surface area contributed by atoms with E-state index >= 15 is 0 Å². The summed E-state index contributed by atoms with van der Waals surface area (Å²) in [4.78, 5) is 18.5. The van der Waals surface area contributed by atoms with Gasteiger partial charge in [0.2, 0.25) is 0 Å². The molecule has 3 rings (SSSR count). The molecule has 2 aromatic rings. The minimum absolute atomic E-state index is 0.0716. The van der Waals surface area contributed by atoms with Gasteiger partial charge in [-0.2, -0.15) is 0 Å². The van der Waals surface area contributed by atoms with Crippen LogP contribution in [0, 0.1) is 12.7 Å². The Morgan fingerprint density at radius 3 is 2.50 bits per heavy atom. The molecule has 26 heavy (non-hydrogen) atoms. The number of amides is 1. The van der Waals surface area contributed by atoms with Crippen LogP contribution in [-0.2, 0) is 6.42 Å². The first-order valence-corrected chi connectivity index (χ1v) is 9.83.